The molecule has 0 bridgehead atoms. The van der Waals surface area contributed by atoms with Crippen LogP contribution in [-0.4, -0.2) is 26.3 Å². The molecule has 0 aromatic rings. The SMILES string of the molecule is CCC(CC)C(=O)C(OC)OC. The Morgan fingerprint density at radius 3 is 1.83 bits per heavy atom. The lowest BCUT2D eigenvalue weighted by atomic mass is 9.98. The zero-order valence-electron chi connectivity index (χ0n) is 8.29. The third-order valence-corrected chi connectivity index (χ3v) is 2.05. The summed E-state index contributed by atoms with van der Waals surface area (Å²) >= 11 is 0. The molecule has 0 aliphatic carbocycles. The Balaban J connectivity index is 4.12. The largest absolute Gasteiger partial charge is 0.349 e. The molecule has 12 heavy (non-hydrogen) atoms. The standard InChI is InChI=1S/C9H18O3/c1-5-7(6-2)8(10)9(11-3)12-4/h7,9H,5-6H2,1-4H3. The van der Waals surface area contributed by atoms with Crippen LogP contribution in [0.1, 0.15) is 26.7 Å². The van der Waals surface area contributed by atoms with E-state index in [9.17, 15) is 4.79 Å². The van der Waals surface area contributed by atoms with Crippen LogP contribution in [0.4, 0.5) is 0 Å². The topological polar surface area (TPSA) is 35.5 Å². The van der Waals surface area contributed by atoms with Crippen molar-refractivity contribution in [2.45, 2.75) is 33.0 Å². The van der Waals surface area contributed by atoms with Gasteiger partial charge >= 0.3 is 0 Å². The molecule has 0 saturated carbocycles. The Labute approximate surface area is 74.0 Å². The quantitative estimate of drug-likeness (QED) is 0.574. The highest BCUT2D eigenvalue weighted by Crippen LogP contribution is 2.12. The maximum Gasteiger partial charge on any atom is 0.217 e. The van der Waals surface area contributed by atoms with Crippen LogP contribution >= 0.6 is 0 Å². The van der Waals surface area contributed by atoms with E-state index in [2.05, 4.69) is 0 Å². The van der Waals surface area contributed by atoms with Crippen molar-refractivity contribution in [1.82, 2.24) is 0 Å². The molecular weight excluding hydrogens is 156 g/mol. The Morgan fingerprint density at radius 1 is 1.17 bits per heavy atom. The second-order valence-electron chi connectivity index (χ2n) is 2.72. The normalized spacial score (nSPS) is 11.2. The number of methoxy groups -OCH3 is 2. The molecular formula is C9H18O3. The predicted molar refractivity (Wildman–Crippen MR) is 46.9 cm³/mol. The van der Waals surface area contributed by atoms with Crippen molar-refractivity contribution < 1.29 is 14.3 Å². The predicted octanol–water partition coefficient (Wildman–Crippen LogP) is 1.61. The van der Waals surface area contributed by atoms with Gasteiger partial charge in [-0.3, -0.25) is 4.79 Å². The number of Topliss-reactive ketones (excluding diaryl/α,β-unsaturated/α-hetero) is 1. The van der Waals surface area contributed by atoms with Crippen molar-refractivity contribution in [2.24, 2.45) is 5.92 Å². The summed E-state index contributed by atoms with van der Waals surface area (Å²) in [6.07, 6.45) is 1.01. The molecule has 0 aliphatic rings. The Hall–Kier alpha value is -0.410. The molecule has 0 aromatic heterocycles. The highest BCUT2D eigenvalue weighted by molar-refractivity contribution is 5.84. The average molecular weight is 174 g/mol. The van der Waals surface area contributed by atoms with Crippen LogP contribution in [0, 0.1) is 5.92 Å². The number of carbonyl (C=O) groups is 1. The van der Waals surface area contributed by atoms with Crippen LogP contribution in [0.2, 0.25) is 0 Å². The van der Waals surface area contributed by atoms with Gasteiger partial charge in [0.15, 0.2) is 5.78 Å². The van der Waals surface area contributed by atoms with Crippen molar-refractivity contribution in [1.29, 1.82) is 0 Å². The number of ketones is 1. The summed E-state index contributed by atoms with van der Waals surface area (Å²) in [5.74, 6) is 0.111. The fourth-order valence-electron chi connectivity index (χ4n) is 1.21. The molecule has 3 heteroatoms. The fourth-order valence-corrected chi connectivity index (χ4v) is 1.21. The first-order valence-corrected chi connectivity index (χ1v) is 4.30. The lowest BCUT2D eigenvalue weighted by Gasteiger charge is -2.17. The molecule has 72 valence electrons. The van der Waals surface area contributed by atoms with E-state index in [0.717, 1.165) is 12.8 Å². The molecule has 0 radical (unpaired) electrons. The summed E-state index contributed by atoms with van der Waals surface area (Å²) < 4.78 is 9.75. The molecule has 0 heterocycles. The summed E-state index contributed by atoms with van der Waals surface area (Å²) in [5.41, 5.74) is 0. The summed E-state index contributed by atoms with van der Waals surface area (Å²) in [7, 11) is 2.96. The summed E-state index contributed by atoms with van der Waals surface area (Å²) in [5, 5.41) is 0. The van der Waals surface area contributed by atoms with Crippen molar-refractivity contribution in [3.05, 3.63) is 0 Å². The first-order chi connectivity index (χ1) is 5.71. The molecule has 0 amide bonds. The van der Waals surface area contributed by atoms with Gasteiger partial charge in [-0.05, 0) is 12.8 Å². The maximum atomic E-state index is 11.5. The number of carbonyl (C=O) groups excluding carboxylic acids is 1. The molecule has 3 nitrogen and oxygen atoms in total. The van der Waals surface area contributed by atoms with Gasteiger partial charge in [0.1, 0.15) is 0 Å². The molecule has 0 aliphatic heterocycles. The Kier molecular flexibility index (Phi) is 5.93. The van der Waals surface area contributed by atoms with Crippen LogP contribution < -0.4 is 0 Å². The summed E-state index contributed by atoms with van der Waals surface area (Å²) in [4.78, 5) is 11.5. The second kappa shape index (κ2) is 6.14. The van der Waals surface area contributed by atoms with E-state index in [1.54, 1.807) is 0 Å². The second-order valence-corrected chi connectivity index (χ2v) is 2.72. The van der Waals surface area contributed by atoms with Crippen molar-refractivity contribution in [2.75, 3.05) is 14.2 Å². The van der Waals surface area contributed by atoms with Gasteiger partial charge in [0, 0.05) is 20.1 Å². The number of hydrogen-bond donors (Lipinski definition) is 0. The molecule has 0 unspecified atom stereocenters. The zero-order chi connectivity index (χ0) is 9.56. The van der Waals surface area contributed by atoms with Gasteiger partial charge in [-0.15, -0.1) is 0 Å². The molecule has 0 aromatic carbocycles. The van der Waals surface area contributed by atoms with Gasteiger partial charge in [-0.2, -0.15) is 0 Å². The van der Waals surface area contributed by atoms with Crippen molar-refractivity contribution in [3.8, 4) is 0 Å². The Bertz CT molecular complexity index is 112. The van der Waals surface area contributed by atoms with Gasteiger partial charge < -0.3 is 9.47 Å². The van der Waals surface area contributed by atoms with E-state index in [4.69, 9.17) is 9.47 Å². The molecule has 0 rings (SSSR count). The van der Waals surface area contributed by atoms with E-state index < -0.39 is 6.29 Å². The van der Waals surface area contributed by atoms with E-state index in [1.807, 2.05) is 13.8 Å². The van der Waals surface area contributed by atoms with Crippen LogP contribution in [0.5, 0.6) is 0 Å². The molecule has 0 saturated heterocycles. The lowest BCUT2D eigenvalue weighted by Crippen LogP contribution is -2.30. The Morgan fingerprint density at radius 2 is 1.58 bits per heavy atom. The van der Waals surface area contributed by atoms with E-state index >= 15 is 0 Å². The number of hydrogen-bond acceptors (Lipinski definition) is 3. The van der Waals surface area contributed by atoms with Crippen LogP contribution in [0.15, 0.2) is 0 Å². The van der Waals surface area contributed by atoms with Gasteiger partial charge in [-0.25, -0.2) is 0 Å². The summed E-state index contributed by atoms with van der Waals surface area (Å²) in [6.45, 7) is 3.99. The molecule has 0 N–H and O–H groups in total. The fraction of sp³-hybridized carbons (Fsp3) is 0.889. The van der Waals surface area contributed by atoms with Crippen LogP contribution in [0.25, 0.3) is 0 Å². The van der Waals surface area contributed by atoms with Crippen LogP contribution in [-0.2, 0) is 14.3 Å². The lowest BCUT2D eigenvalue weighted by molar-refractivity contribution is -0.161. The minimum atomic E-state index is -0.685. The van der Waals surface area contributed by atoms with E-state index in [0.29, 0.717) is 0 Å². The van der Waals surface area contributed by atoms with Crippen molar-refractivity contribution >= 4 is 5.78 Å². The zero-order valence-corrected chi connectivity index (χ0v) is 8.29. The minimum absolute atomic E-state index is 0.0463. The van der Waals surface area contributed by atoms with E-state index in [1.165, 1.54) is 14.2 Å². The first kappa shape index (κ1) is 11.6. The van der Waals surface area contributed by atoms with Gasteiger partial charge in [0.05, 0.1) is 0 Å². The van der Waals surface area contributed by atoms with Gasteiger partial charge in [-0.1, -0.05) is 13.8 Å². The van der Waals surface area contributed by atoms with Crippen molar-refractivity contribution in [3.63, 3.8) is 0 Å². The summed E-state index contributed by atoms with van der Waals surface area (Å²) in [6, 6.07) is 0. The number of ether oxygens (including phenoxy) is 2. The third-order valence-electron chi connectivity index (χ3n) is 2.05. The highest BCUT2D eigenvalue weighted by Gasteiger charge is 2.23. The highest BCUT2D eigenvalue weighted by atomic mass is 16.7. The molecule has 0 atom stereocenters. The smallest absolute Gasteiger partial charge is 0.217 e. The minimum Gasteiger partial charge on any atom is -0.349 e. The monoisotopic (exact) mass is 174 g/mol. The maximum absolute atomic E-state index is 11.5. The van der Waals surface area contributed by atoms with Crippen LogP contribution in [0.3, 0.4) is 0 Å². The number of rotatable bonds is 6. The van der Waals surface area contributed by atoms with Gasteiger partial charge in [0.2, 0.25) is 6.29 Å². The first-order valence-electron chi connectivity index (χ1n) is 4.30. The molecule has 0 fully saturated rings. The molecule has 0 spiro atoms. The van der Waals surface area contributed by atoms with E-state index in [-0.39, 0.29) is 11.7 Å². The van der Waals surface area contributed by atoms with Gasteiger partial charge in [0.25, 0.3) is 0 Å². The third kappa shape index (κ3) is 2.91. The average Bonchev–Trinajstić information content (AvgIpc) is 2.09.